The molecule has 1 rings (SSSR count). The van der Waals surface area contributed by atoms with E-state index in [9.17, 15) is 14.4 Å². The molecule has 0 heterocycles. The highest BCUT2D eigenvalue weighted by Crippen LogP contribution is 2.14. The molecule has 1 unspecified atom stereocenters. The van der Waals surface area contributed by atoms with Gasteiger partial charge in [0.25, 0.3) is 0 Å². The standard InChI is InChI=1S/C15H16O7/c1-3-10(9-16)20-14(18)11-7-5-6-8-12(11)15(19)22-21-13(17)4-2/h4-8,10,16H,2-3,9H2,1H3. The van der Waals surface area contributed by atoms with Gasteiger partial charge in [0.1, 0.15) is 6.10 Å². The molecule has 0 amide bonds. The Bertz CT molecular complexity index is 561. The Balaban J connectivity index is 2.89. The summed E-state index contributed by atoms with van der Waals surface area (Å²) in [4.78, 5) is 43.2. The highest BCUT2D eigenvalue weighted by Gasteiger charge is 2.22. The van der Waals surface area contributed by atoms with Gasteiger partial charge in [-0.25, -0.2) is 24.2 Å². The van der Waals surface area contributed by atoms with Crippen molar-refractivity contribution >= 4 is 17.9 Å². The van der Waals surface area contributed by atoms with Crippen LogP contribution in [-0.2, 0) is 19.3 Å². The van der Waals surface area contributed by atoms with Gasteiger partial charge in [-0.1, -0.05) is 25.6 Å². The minimum Gasteiger partial charge on any atom is -0.456 e. The molecule has 0 aliphatic carbocycles. The average molecular weight is 308 g/mol. The number of aliphatic hydroxyl groups is 1. The lowest BCUT2D eigenvalue weighted by atomic mass is 10.1. The summed E-state index contributed by atoms with van der Waals surface area (Å²) in [5.41, 5.74) is -0.189. The second kappa shape index (κ2) is 8.58. The van der Waals surface area contributed by atoms with Crippen LogP contribution in [0.25, 0.3) is 0 Å². The van der Waals surface area contributed by atoms with Crippen molar-refractivity contribution < 1.29 is 34.0 Å². The van der Waals surface area contributed by atoms with E-state index in [0.29, 0.717) is 6.42 Å². The zero-order valence-corrected chi connectivity index (χ0v) is 12.0. The Morgan fingerprint density at radius 3 is 2.27 bits per heavy atom. The zero-order valence-electron chi connectivity index (χ0n) is 12.0. The van der Waals surface area contributed by atoms with Crippen LogP contribution in [0.3, 0.4) is 0 Å². The van der Waals surface area contributed by atoms with E-state index in [1.54, 1.807) is 6.92 Å². The predicted octanol–water partition coefficient (Wildman–Crippen LogP) is 1.42. The van der Waals surface area contributed by atoms with E-state index in [-0.39, 0.29) is 17.7 Å². The van der Waals surface area contributed by atoms with E-state index in [0.717, 1.165) is 6.08 Å². The second-order valence-electron chi connectivity index (χ2n) is 4.14. The zero-order chi connectivity index (χ0) is 16.5. The van der Waals surface area contributed by atoms with Gasteiger partial charge >= 0.3 is 17.9 Å². The van der Waals surface area contributed by atoms with Crippen molar-refractivity contribution in [2.45, 2.75) is 19.4 Å². The van der Waals surface area contributed by atoms with E-state index in [4.69, 9.17) is 9.84 Å². The van der Waals surface area contributed by atoms with Gasteiger partial charge in [0.2, 0.25) is 0 Å². The summed E-state index contributed by atoms with van der Waals surface area (Å²) in [6.45, 7) is 4.56. The maximum atomic E-state index is 12.0. The molecule has 1 aromatic carbocycles. The van der Waals surface area contributed by atoms with Crippen LogP contribution in [0.1, 0.15) is 34.1 Å². The molecule has 0 saturated carbocycles. The highest BCUT2D eigenvalue weighted by atomic mass is 17.2. The number of carbonyl (C=O) groups excluding carboxylic acids is 3. The van der Waals surface area contributed by atoms with Crippen molar-refractivity contribution in [1.29, 1.82) is 0 Å². The van der Waals surface area contributed by atoms with E-state index >= 15 is 0 Å². The molecule has 118 valence electrons. The van der Waals surface area contributed by atoms with Gasteiger partial charge in [0.05, 0.1) is 17.7 Å². The largest absolute Gasteiger partial charge is 0.456 e. The third kappa shape index (κ3) is 4.71. The first-order chi connectivity index (χ1) is 10.5. The van der Waals surface area contributed by atoms with Crippen LogP contribution in [0.4, 0.5) is 0 Å². The number of carbonyl (C=O) groups is 3. The van der Waals surface area contributed by atoms with Crippen LogP contribution in [0.5, 0.6) is 0 Å². The number of hydrogen-bond donors (Lipinski definition) is 1. The molecule has 0 aromatic heterocycles. The normalized spacial score (nSPS) is 11.2. The number of esters is 1. The van der Waals surface area contributed by atoms with Crippen LogP contribution in [-0.4, -0.2) is 35.7 Å². The Hall–Kier alpha value is -2.67. The smallest absolute Gasteiger partial charge is 0.387 e. The molecule has 1 atom stereocenters. The first-order valence-electron chi connectivity index (χ1n) is 6.49. The van der Waals surface area contributed by atoms with Gasteiger partial charge in [-0.2, -0.15) is 0 Å². The maximum Gasteiger partial charge on any atom is 0.387 e. The van der Waals surface area contributed by atoms with E-state index in [1.807, 2.05) is 0 Å². The molecule has 7 heteroatoms. The van der Waals surface area contributed by atoms with Crippen molar-refractivity contribution in [3.05, 3.63) is 48.0 Å². The van der Waals surface area contributed by atoms with Crippen molar-refractivity contribution in [3.8, 4) is 0 Å². The van der Waals surface area contributed by atoms with Crippen molar-refractivity contribution in [2.24, 2.45) is 0 Å². The van der Waals surface area contributed by atoms with Crippen molar-refractivity contribution in [2.75, 3.05) is 6.61 Å². The fourth-order valence-electron chi connectivity index (χ4n) is 1.46. The summed E-state index contributed by atoms with van der Waals surface area (Å²) >= 11 is 0. The highest BCUT2D eigenvalue weighted by molar-refractivity contribution is 6.03. The van der Waals surface area contributed by atoms with Crippen LogP contribution in [0.2, 0.25) is 0 Å². The quantitative estimate of drug-likeness (QED) is 0.367. The number of ether oxygens (including phenoxy) is 1. The Morgan fingerprint density at radius 1 is 1.18 bits per heavy atom. The van der Waals surface area contributed by atoms with E-state index in [1.165, 1.54) is 24.3 Å². The molecule has 1 N–H and O–H groups in total. The molecule has 0 bridgehead atoms. The first kappa shape index (κ1) is 17.4. The Labute approximate surface area is 127 Å². The summed E-state index contributed by atoms with van der Waals surface area (Å²) in [5.74, 6) is -2.76. The summed E-state index contributed by atoms with van der Waals surface area (Å²) in [6, 6.07) is 5.72. The number of benzene rings is 1. The molecule has 7 nitrogen and oxygen atoms in total. The topological polar surface area (TPSA) is 99.1 Å². The molecule has 0 aliphatic rings. The molecular formula is C15H16O7. The lowest BCUT2D eigenvalue weighted by Gasteiger charge is -2.14. The SMILES string of the molecule is C=CC(=O)OOC(=O)c1ccccc1C(=O)OC(CC)CO. The number of rotatable bonds is 6. The van der Waals surface area contributed by atoms with Crippen LogP contribution in [0, 0.1) is 0 Å². The molecule has 0 spiro atoms. The lowest BCUT2D eigenvalue weighted by molar-refractivity contribution is -0.228. The maximum absolute atomic E-state index is 12.0. The fraction of sp³-hybridized carbons (Fsp3) is 0.267. The number of aliphatic hydroxyl groups excluding tert-OH is 1. The third-order valence-electron chi connectivity index (χ3n) is 2.67. The predicted molar refractivity (Wildman–Crippen MR) is 74.7 cm³/mol. The molecule has 22 heavy (non-hydrogen) atoms. The fourth-order valence-corrected chi connectivity index (χ4v) is 1.46. The number of hydrogen-bond acceptors (Lipinski definition) is 7. The van der Waals surface area contributed by atoms with Gasteiger partial charge in [-0.3, -0.25) is 0 Å². The molecule has 1 aromatic rings. The van der Waals surface area contributed by atoms with Crippen LogP contribution in [0.15, 0.2) is 36.9 Å². The molecule has 0 aliphatic heterocycles. The van der Waals surface area contributed by atoms with E-state index < -0.39 is 24.0 Å². The molecule has 0 saturated heterocycles. The summed E-state index contributed by atoms with van der Waals surface area (Å²) in [6.07, 6.45) is 0.571. The monoisotopic (exact) mass is 308 g/mol. The third-order valence-corrected chi connectivity index (χ3v) is 2.67. The minimum absolute atomic E-state index is 0.0611. The lowest BCUT2D eigenvalue weighted by Crippen LogP contribution is -2.23. The average Bonchev–Trinajstić information content (AvgIpc) is 2.56. The van der Waals surface area contributed by atoms with Crippen LogP contribution < -0.4 is 0 Å². The Kier molecular flexibility index (Phi) is 6.78. The van der Waals surface area contributed by atoms with Gasteiger partial charge in [0.15, 0.2) is 0 Å². The summed E-state index contributed by atoms with van der Waals surface area (Å²) < 4.78 is 5.05. The molecule has 0 radical (unpaired) electrons. The second-order valence-corrected chi connectivity index (χ2v) is 4.14. The van der Waals surface area contributed by atoms with Gasteiger partial charge < -0.3 is 9.84 Å². The molecular weight excluding hydrogens is 292 g/mol. The van der Waals surface area contributed by atoms with Crippen molar-refractivity contribution in [3.63, 3.8) is 0 Å². The van der Waals surface area contributed by atoms with Gasteiger partial charge in [-0.15, -0.1) is 0 Å². The van der Waals surface area contributed by atoms with Gasteiger partial charge in [0, 0.05) is 6.08 Å². The minimum atomic E-state index is -1.03. The van der Waals surface area contributed by atoms with Crippen LogP contribution >= 0.6 is 0 Å². The summed E-state index contributed by atoms with van der Waals surface area (Å²) in [5, 5.41) is 9.04. The van der Waals surface area contributed by atoms with Crippen molar-refractivity contribution in [1.82, 2.24) is 0 Å². The summed E-state index contributed by atoms with van der Waals surface area (Å²) in [7, 11) is 0. The Morgan fingerprint density at radius 2 is 1.77 bits per heavy atom. The first-order valence-corrected chi connectivity index (χ1v) is 6.49. The molecule has 0 fully saturated rings. The van der Waals surface area contributed by atoms with Gasteiger partial charge in [-0.05, 0) is 18.6 Å². The van der Waals surface area contributed by atoms with E-state index in [2.05, 4.69) is 16.4 Å².